The van der Waals surface area contributed by atoms with Gasteiger partial charge in [0.2, 0.25) is 0 Å². The van der Waals surface area contributed by atoms with Gasteiger partial charge in [0, 0.05) is 21.7 Å². The average molecular weight is 363 g/mol. The van der Waals surface area contributed by atoms with E-state index in [4.69, 9.17) is 22.1 Å². The molecule has 2 aromatic rings. The first-order valence-corrected chi connectivity index (χ1v) is 6.84. The molecule has 0 radical (unpaired) electrons. The van der Waals surface area contributed by atoms with Crippen molar-refractivity contribution in [2.75, 3.05) is 7.11 Å². The fourth-order valence-corrected chi connectivity index (χ4v) is 2.32. The highest BCUT2D eigenvalue weighted by molar-refractivity contribution is 9.10. The molecule has 0 spiro atoms. The van der Waals surface area contributed by atoms with E-state index in [0.717, 1.165) is 0 Å². The SMILES string of the molecule is COc1ccc(C(N)c2cc(Cl)c(Br)cc2F)c(F)c1. The Bertz CT molecular complexity index is 651. The Morgan fingerprint density at radius 1 is 1.15 bits per heavy atom. The first-order chi connectivity index (χ1) is 9.43. The molecule has 2 nitrogen and oxygen atoms in total. The van der Waals surface area contributed by atoms with Crippen LogP contribution in [-0.4, -0.2) is 7.11 Å². The molecule has 0 heterocycles. The van der Waals surface area contributed by atoms with Crippen LogP contribution in [0.1, 0.15) is 17.2 Å². The van der Waals surface area contributed by atoms with E-state index < -0.39 is 17.7 Å². The van der Waals surface area contributed by atoms with E-state index >= 15 is 0 Å². The Morgan fingerprint density at radius 3 is 2.40 bits per heavy atom. The van der Waals surface area contributed by atoms with Crippen molar-refractivity contribution in [2.45, 2.75) is 6.04 Å². The second-order valence-corrected chi connectivity index (χ2v) is 5.41. The van der Waals surface area contributed by atoms with Crippen molar-refractivity contribution in [3.8, 4) is 5.75 Å². The molecule has 0 aliphatic carbocycles. The smallest absolute Gasteiger partial charge is 0.132 e. The summed E-state index contributed by atoms with van der Waals surface area (Å²) in [5.41, 5.74) is 6.23. The van der Waals surface area contributed by atoms with Gasteiger partial charge in [-0.1, -0.05) is 17.7 Å². The molecular weight excluding hydrogens is 352 g/mol. The molecule has 1 atom stereocenters. The van der Waals surface area contributed by atoms with Crippen LogP contribution in [0.3, 0.4) is 0 Å². The summed E-state index contributed by atoms with van der Waals surface area (Å²) in [6.07, 6.45) is 0. The number of halogens is 4. The maximum Gasteiger partial charge on any atom is 0.132 e. The largest absolute Gasteiger partial charge is 0.497 e. The van der Waals surface area contributed by atoms with Crippen molar-refractivity contribution in [3.05, 3.63) is 62.6 Å². The van der Waals surface area contributed by atoms with Crippen LogP contribution in [0.2, 0.25) is 5.02 Å². The Balaban J connectivity index is 2.46. The fourth-order valence-electron chi connectivity index (χ4n) is 1.83. The van der Waals surface area contributed by atoms with Gasteiger partial charge in [0.25, 0.3) is 0 Å². The number of methoxy groups -OCH3 is 1. The maximum absolute atomic E-state index is 14.0. The molecule has 1 unspecified atom stereocenters. The quantitative estimate of drug-likeness (QED) is 0.820. The first kappa shape index (κ1) is 15.2. The van der Waals surface area contributed by atoms with Crippen LogP contribution >= 0.6 is 27.5 Å². The molecule has 6 heteroatoms. The minimum atomic E-state index is -0.952. The van der Waals surface area contributed by atoms with E-state index in [0.29, 0.717) is 15.2 Å². The monoisotopic (exact) mass is 361 g/mol. The van der Waals surface area contributed by atoms with Crippen molar-refractivity contribution in [1.82, 2.24) is 0 Å². The number of hydrogen-bond acceptors (Lipinski definition) is 2. The molecule has 0 fully saturated rings. The van der Waals surface area contributed by atoms with E-state index in [-0.39, 0.29) is 11.1 Å². The van der Waals surface area contributed by atoms with Crippen LogP contribution in [0.5, 0.6) is 5.75 Å². The molecule has 0 aliphatic heterocycles. The van der Waals surface area contributed by atoms with Crippen LogP contribution in [0.25, 0.3) is 0 Å². The normalized spacial score (nSPS) is 12.3. The summed E-state index contributed by atoms with van der Waals surface area (Å²) in [5, 5.41) is 0.311. The van der Waals surface area contributed by atoms with Gasteiger partial charge >= 0.3 is 0 Å². The standard InChI is InChI=1S/C14H11BrClF2NO/c1-20-7-2-3-8(12(17)4-7)14(19)9-5-11(16)10(15)6-13(9)18/h2-6,14H,19H2,1H3. The average Bonchev–Trinajstić information content (AvgIpc) is 2.42. The third-order valence-electron chi connectivity index (χ3n) is 2.92. The number of nitrogens with two attached hydrogens (primary N) is 1. The van der Waals surface area contributed by atoms with Gasteiger partial charge in [-0.25, -0.2) is 8.78 Å². The topological polar surface area (TPSA) is 35.2 Å². The first-order valence-electron chi connectivity index (χ1n) is 5.67. The minimum absolute atomic E-state index is 0.127. The Kier molecular flexibility index (Phi) is 4.62. The van der Waals surface area contributed by atoms with E-state index in [1.54, 1.807) is 6.07 Å². The molecular formula is C14H11BrClF2NO. The molecule has 0 aromatic heterocycles. The second kappa shape index (κ2) is 6.08. The zero-order chi connectivity index (χ0) is 14.9. The summed E-state index contributed by atoms with van der Waals surface area (Å²) < 4.78 is 33.2. The van der Waals surface area contributed by atoms with Gasteiger partial charge in [0.1, 0.15) is 17.4 Å². The van der Waals surface area contributed by atoms with Crippen molar-refractivity contribution in [3.63, 3.8) is 0 Å². The summed E-state index contributed by atoms with van der Waals surface area (Å²) in [4.78, 5) is 0. The highest BCUT2D eigenvalue weighted by Gasteiger charge is 2.19. The van der Waals surface area contributed by atoms with Gasteiger partial charge in [-0.05, 0) is 34.1 Å². The lowest BCUT2D eigenvalue weighted by molar-refractivity contribution is 0.410. The van der Waals surface area contributed by atoms with Crippen LogP contribution < -0.4 is 10.5 Å². The maximum atomic E-state index is 14.0. The summed E-state index contributed by atoms with van der Waals surface area (Å²) in [7, 11) is 1.43. The van der Waals surface area contributed by atoms with E-state index in [1.807, 2.05) is 0 Å². The molecule has 0 saturated carbocycles. The van der Waals surface area contributed by atoms with Crippen LogP contribution in [-0.2, 0) is 0 Å². The molecule has 2 rings (SSSR count). The van der Waals surface area contributed by atoms with Crippen LogP contribution in [0.4, 0.5) is 8.78 Å². The Labute approximate surface area is 128 Å². The lowest BCUT2D eigenvalue weighted by atomic mass is 9.98. The van der Waals surface area contributed by atoms with E-state index in [9.17, 15) is 8.78 Å². The van der Waals surface area contributed by atoms with Gasteiger partial charge in [-0.2, -0.15) is 0 Å². The summed E-state index contributed by atoms with van der Waals surface area (Å²) in [5.74, 6) is -0.743. The molecule has 106 valence electrons. The Hall–Kier alpha value is -1.17. The van der Waals surface area contributed by atoms with E-state index in [1.165, 1.54) is 31.4 Å². The number of rotatable bonds is 3. The molecule has 0 bridgehead atoms. The van der Waals surface area contributed by atoms with Gasteiger partial charge in [0.05, 0.1) is 18.2 Å². The predicted molar refractivity (Wildman–Crippen MR) is 78.1 cm³/mol. The lowest BCUT2D eigenvalue weighted by Gasteiger charge is -2.16. The molecule has 20 heavy (non-hydrogen) atoms. The van der Waals surface area contributed by atoms with Gasteiger partial charge in [-0.15, -0.1) is 0 Å². The third-order valence-corrected chi connectivity index (χ3v) is 4.11. The molecule has 0 saturated heterocycles. The summed E-state index contributed by atoms with van der Waals surface area (Å²) in [6.45, 7) is 0. The van der Waals surface area contributed by atoms with Crippen molar-refractivity contribution in [2.24, 2.45) is 5.73 Å². The number of hydrogen-bond donors (Lipinski definition) is 1. The molecule has 2 N–H and O–H groups in total. The van der Waals surface area contributed by atoms with Crippen molar-refractivity contribution < 1.29 is 13.5 Å². The molecule has 0 aliphatic rings. The van der Waals surface area contributed by atoms with E-state index in [2.05, 4.69) is 15.9 Å². The van der Waals surface area contributed by atoms with Gasteiger partial charge < -0.3 is 10.5 Å². The van der Waals surface area contributed by atoms with Crippen molar-refractivity contribution in [1.29, 1.82) is 0 Å². The fraction of sp³-hybridized carbons (Fsp3) is 0.143. The van der Waals surface area contributed by atoms with Crippen LogP contribution in [0.15, 0.2) is 34.8 Å². The summed E-state index contributed by atoms with van der Waals surface area (Å²) in [6, 6.07) is 5.87. The number of benzene rings is 2. The number of ether oxygens (including phenoxy) is 1. The predicted octanol–water partition coefficient (Wildman–Crippen LogP) is 4.44. The highest BCUT2D eigenvalue weighted by Crippen LogP contribution is 2.32. The highest BCUT2D eigenvalue weighted by atomic mass is 79.9. The second-order valence-electron chi connectivity index (χ2n) is 4.15. The zero-order valence-electron chi connectivity index (χ0n) is 10.5. The molecule has 2 aromatic carbocycles. The molecule has 0 amide bonds. The Morgan fingerprint density at radius 2 is 1.80 bits per heavy atom. The lowest BCUT2D eigenvalue weighted by Crippen LogP contribution is -2.15. The third kappa shape index (κ3) is 2.95. The van der Waals surface area contributed by atoms with Gasteiger partial charge in [-0.3, -0.25) is 0 Å². The minimum Gasteiger partial charge on any atom is -0.497 e. The van der Waals surface area contributed by atoms with Crippen molar-refractivity contribution >= 4 is 27.5 Å². The zero-order valence-corrected chi connectivity index (χ0v) is 12.8. The van der Waals surface area contributed by atoms with Crippen LogP contribution in [0, 0.1) is 11.6 Å². The summed E-state index contributed by atoms with van der Waals surface area (Å²) >= 11 is 9.04. The van der Waals surface area contributed by atoms with Gasteiger partial charge in [0.15, 0.2) is 0 Å².